The average molecular weight is 366 g/mol. The molecule has 6 nitrogen and oxygen atoms in total. The van der Waals surface area contributed by atoms with Gasteiger partial charge in [-0.1, -0.05) is 47.4 Å². The van der Waals surface area contributed by atoms with Crippen molar-refractivity contribution in [2.45, 2.75) is 5.16 Å². The quantitative estimate of drug-likeness (QED) is 0.411. The predicted molar refractivity (Wildman–Crippen MR) is 96.0 cm³/mol. The maximum absolute atomic E-state index is 12.4. The molecule has 0 saturated heterocycles. The highest BCUT2D eigenvalue weighted by molar-refractivity contribution is 7.99. The van der Waals surface area contributed by atoms with Crippen LogP contribution in [0.5, 0.6) is 0 Å². The third-order valence-corrected chi connectivity index (χ3v) is 6.03. The number of hydrogen-bond acceptors (Lipinski definition) is 6. The Kier molecular flexibility index (Phi) is 3.16. The van der Waals surface area contributed by atoms with Crippen LogP contribution in [0.1, 0.15) is 20.7 Å². The number of fused-ring (bicyclic) bond motifs is 4. The lowest BCUT2D eigenvalue weighted by atomic mass is 10.1. The Labute approximate surface area is 150 Å². The summed E-state index contributed by atoms with van der Waals surface area (Å²) < 4.78 is 3.08. The molecule has 1 aliphatic rings. The second kappa shape index (κ2) is 5.40. The number of thioether (sulfide) groups is 1. The molecule has 0 bridgehead atoms. The Balaban J connectivity index is 1.47. The Morgan fingerprint density at radius 3 is 2.36 bits per heavy atom. The summed E-state index contributed by atoms with van der Waals surface area (Å²) in [6, 6.07) is 14.9. The summed E-state index contributed by atoms with van der Waals surface area (Å²) in [4.78, 5) is 26.9. The van der Waals surface area contributed by atoms with Gasteiger partial charge in [-0.2, -0.15) is 0 Å². The van der Waals surface area contributed by atoms with Gasteiger partial charge in [0.15, 0.2) is 5.16 Å². The fourth-order valence-electron chi connectivity index (χ4n) is 2.93. The zero-order chi connectivity index (χ0) is 17.0. The van der Waals surface area contributed by atoms with E-state index in [4.69, 9.17) is 0 Å². The smallest absolute Gasteiger partial charge is 0.262 e. The predicted octanol–water partition coefficient (Wildman–Crippen LogP) is 3.29. The topological polar surface area (TPSA) is 67.6 Å². The molecule has 25 heavy (non-hydrogen) atoms. The summed E-state index contributed by atoms with van der Waals surface area (Å²) in [5.41, 5.74) is 1.94. The van der Waals surface area contributed by atoms with Crippen molar-refractivity contribution in [2.75, 3.05) is 5.88 Å². The molecule has 0 N–H and O–H groups in total. The van der Waals surface area contributed by atoms with Crippen LogP contribution in [-0.4, -0.2) is 37.2 Å². The minimum atomic E-state index is -0.260. The third-order valence-electron chi connectivity index (χ3n) is 4.11. The van der Waals surface area contributed by atoms with Crippen LogP contribution in [0, 0.1) is 0 Å². The van der Waals surface area contributed by atoms with E-state index in [0.717, 1.165) is 15.2 Å². The van der Waals surface area contributed by atoms with Gasteiger partial charge in [-0.05, 0) is 24.3 Å². The fourth-order valence-corrected chi connectivity index (χ4v) is 4.84. The SMILES string of the molecule is O=C1c2ccccc2C(=O)N1CSc1nnc2sc3ccccc3n12. The first kappa shape index (κ1) is 14.6. The van der Waals surface area contributed by atoms with E-state index in [1.54, 1.807) is 35.6 Å². The highest BCUT2D eigenvalue weighted by Crippen LogP contribution is 2.31. The minimum Gasteiger partial charge on any atom is -0.269 e. The molecule has 0 fully saturated rings. The number of amides is 2. The molecular weight excluding hydrogens is 356 g/mol. The lowest BCUT2D eigenvalue weighted by Gasteiger charge is -2.12. The van der Waals surface area contributed by atoms with Crippen LogP contribution in [-0.2, 0) is 0 Å². The maximum atomic E-state index is 12.4. The van der Waals surface area contributed by atoms with Crippen molar-refractivity contribution in [3.8, 4) is 0 Å². The number of aromatic nitrogens is 3. The van der Waals surface area contributed by atoms with Gasteiger partial charge in [-0.15, -0.1) is 10.2 Å². The molecule has 2 amide bonds. The molecule has 0 spiro atoms. The van der Waals surface area contributed by atoms with Crippen LogP contribution in [0.3, 0.4) is 0 Å². The molecule has 0 radical (unpaired) electrons. The number of imide groups is 1. The molecule has 2 aromatic heterocycles. The van der Waals surface area contributed by atoms with Gasteiger partial charge in [0, 0.05) is 0 Å². The van der Waals surface area contributed by atoms with Crippen molar-refractivity contribution in [2.24, 2.45) is 0 Å². The summed E-state index contributed by atoms with van der Waals surface area (Å²) in [6.45, 7) is 0. The normalized spacial score (nSPS) is 14.0. The highest BCUT2D eigenvalue weighted by atomic mass is 32.2. The second-order valence-electron chi connectivity index (χ2n) is 5.53. The molecule has 0 atom stereocenters. The van der Waals surface area contributed by atoms with Gasteiger partial charge in [0.25, 0.3) is 11.8 Å². The van der Waals surface area contributed by atoms with Crippen LogP contribution in [0.15, 0.2) is 53.7 Å². The standard InChI is InChI=1S/C17H10N4O2S2/c22-14-10-5-1-2-6-11(10)15(23)20(14)9-24-16-18-19-17-21(16)12-7-3-4-8-13(12)25-17/h1-8H,9H2. The van der Waals surface area contributed by atoms with E-state index in [-0.39, 0.29) is 17.7 Å². The van der Waals surface area contributed by atoms with Crippen molar-refractivity contribution < 1.29 is 9.59 Å². The van der Waals surface area contributed by atoms with E-state index in [0.29, 0.717) is 16.3 Å². The van der Waals surface area contributed by atoms with Crippen LogP contribution < -0.4 is 0 Å². The molecule has 0 saturated carbocycles. The van der Waals surface area contributed by atoms with Crippen molar-refractivity contribution in [3.05, 3.63) is 59.7 Å². The molecule has 3 heterocycles. The van der Waals surface area contributed by atoms with Crippen molar-refractivity contribution in [1.29, 1.82) is 0 Å². The summed E-state index contributed by atoms with van der Waals surface area (Å²) in [7, 11) is 0. The van der Waals surface area contributed by atoms with Crippen LogP contribution in [0.2, 0.25) is 0 Å². The molecule has 5 rings (SSSR count). The van der Waals surface area contributed by atoms with Crippen molar-refractivity contribution >= 4 is 50.1 Å². The first-order valence-electron chi connectivity index (χ1n) is 7.55. The summed E-state index contributed by atoms with van der Waals surface area (Å²) in [6.07, 6.45) is 0. The van der Waals surface area contributed by atoms with Gasteiger partial charge in [0.1, 0.15) is 0 Å². The van der Waals surface area contributed by atoms with E-state index < -0.39 is 0 Å². The molecule has 8 heteroatoms. The second-order valence-corrected chi connectivity index (χ2v) is 7.45. The largest absolute Gasteiger partial charge is 0.269 e. The highest BCUT2D eigenvalue weighted by Gasteiger charge is 2.35. The third kappa shape index (κ3) is 2.11. The lowest BCUT2D eigenvalue weighted by Crippen LogP contribution is -2.29. The lowest BCUT2D eigenvalue weighted by molar-refractivity contribution is 0.0684. The monoisotopic (exact) mass is 366 g/mol. The van der Waals surface area contributed by atoms with E-state index in [1.807, 2.05) is 28.7 Å². The fraction of sp³-hybridized carbons (Fsp3) is 0.0588. The van der Waals surface area contributed by atoms with Gasteiger partial charge in [-0.3, -0.25) is 18.9 Å². The number of nitrogens with zero attached hydrogens (tertiary/aromatic N) is 4. The van der Waals surface area contributed by atoms with Gasteiger partial charge in [0.05, 0.1) is 27.2 Å². The van der Waals surface area contributed by atoms with Crippen molar-refractivity contribution in [3.63, 3.8) is 0 Å². The van der Waals surface area contributed by atoms with E-state index >= 15 is 0 Å². The number of rotatable bonds is 3. The average Bonchev–Trinajstić information content (AvgIpc) is 3.27. The summed E-state index contributed by atoms with van der Waals surface area (Å²) in [5.74, 6) is -0.315. The summed E-state index contributed by atoms with van der Waals surface area (Å²) >= 11 is 2.89. The molecule has 1 aliphatic heterocycles. The Bertz CT molecular complexity index is 1130. The Morgan fingerprint density at radius 1 is 0.920 bits per heavy atom. The summed E-state index contributed by atoms with van der Waals surface area (Å²) in [5, 5.41) is 9.07. The number of carbonyl (C=O) groups excluding carboxylic acids is 2. The molecular formula is C17H10N4O2S2. The van der Waals surface area contributed by atoms with E-state index in [1.165, 1.54) is 16.7 Å². The molecule has 4 aromatic rings. The van der Waals surface area contributed by atoms with E-state index in [9.17, 15) is 9.59 Å². The first-order chi connectivity index (χ1) is 12.2. The van der Waals surface area contributed by atoms with Gasteiger partial charge in [0.2, 0.25) is 4.96 Å². The van der Waals surface area contributed by atoms with Crippen LogP contribution in [0.25, 0.3) is 15.2 Å². The molecule has 122 valence electrons. The molecule has 0 aliphatic carbocycles. The van der Waals surface area contributed by atoms with Gasteiger partial charge in [-0.25, -0.2) is 0 Å². The number of carbonyl (C=O) groups is 2. The molecule has 0 unspecified atom stereocenters. The van der Waals surface area contributed by atoms with Gasteiger partial charge >= 0.3 is 0 Å². The number of thiazole rings is 1. The van der Waals surface area contributed by atoms with E-state index in [2.05, 4.69) is 10.2 Å². The van der Waals surface area contributed by atoms with Crippen LogP contribution >= 0.6 is 23.1 Å². The Morgan fingerprint density at radius 2 is 1.60 bits per heavy atom. The number of para-hydroxylation sites is 1. The maximum Gasteiger partial charge on any atom is 0.262 e. The first-order valence-corrected chi connectivity index (χ1v) is 9.35. The van der Waals surface area contributed by atoms with Crippen molar-refractivity contribution in [1.82, 2.24) is 19.5 Å². The minimum absolute atomic E-state index is 0.206. The number of benzene rings is 2. The number of hydrogen-bond donors (Lipinski definition) is 0. The zero-order valence-corrected chi connectivity index (χ0v) is 14.4. The van der Waals surface area contributed by atoms with Crippen LogP contribution in [0.4, 0.5) is 0 Å². The molecule has 2 aromatic carbocycles. The van der Waals surface area contributed by atoms with Gasteiger partial charge < -0.3 is 0 Å². The zero-order valence-electron chi connectivity index (χ0n) is 12.7. The Hall–Kier alpha value is -2.71.